The van der Waals surface area contributed by atoms with Crippen molar-refractivity contribution < 1.29 is 9.63 Å². The van der Waals surface area contributed by atoms with Gasteiger partial charge in [-0.1, -0.05) is 32.9 Å². The van der Waals surface area contributed by atoms with E-state index >= 15 is 0 Å². The van der Waals surface area contributed by atoms with Crippen molar-refractivity contribution in [2.75, 3.05) is 13.2 Å². The van der Waals surface area contributed by atoms with E-state index in [0.29, 0.717) is 36.2 Å². The van der Waals surface area contributed by atoms with Gasteiger partial charge < -0.3 is 10.6 Å². The average molecular weight is 389 g/mol. The molecule has 0 bridgehead atoms. The normalized spacial score (nSPS) is 46.0. The topological polar surface area (TPSA) is 64.7 Å². The maximum Gasteiger partial charge on any atom is 0.139 e. The van der Waals surface area contributed by atoms with Crippen molar-refractivity contribution in [3.05, 3.63) is 0 Å². The van der Waals surface area contributed by atoms with Gasteiger partial charge in [0.05, 0.1) is 5.71 Å². The molecule has 0 aromatic rings. The van der Waals surface area contributed by atoms with Gasteiger partial charge in [-0.3, -0.25) is 4.79 Å². The second kappa shape index (κ2) is 7.11. The number of nitrogens with two attached hydrogens (primary N) is 1. The Morgan fingerprint density at radius 3 is 2.57 bits per heavy atom. The van der Waals surface area contributed by atoms with E-state index in [1.165, 1.54) is 31.4 Å². The molecule has 4 heteroatoms. The molecular formula is C24H40N2O2. The number of nitrogens with zero attached hydrogens (tertiary/aromatic N) is 1. The van der Waals surface area contributed by atoms with Crippen LogP contribution in [0.5, 0.6) is 0 Å². The summed E-state index contributed by atoms with van der Waals surface area (Å²) in [6, 6.07) is 0. The number of Topliss-reactive ketones (excluding diaryl/α,β-unsaturated/α-hetero) is 1. The molecule has 2 N–H and O–H groups in total. The highest BCUT2D eigenvalue weighted by Crippen LogP contribution is 2.67. The van der Waals surface area contributed by atoms with Gasteiger partial charge in [0.15, 0.2) is 0 Å². The van der Waals surface area contributed by atoms with Crippen LogP contribution in [0.4, 0.5) is 0 Å². The Morgan fingerprint density at radius 2 is 1.82 bits per heavy atom. The molecule has 4 aliphatic carbocycles. The number of fused-ring (bicyclic) bond motifs is 5. The summed E-state index contributed by atoms with van der Waals surface area (Å²) in [4.78, 5) is 18.2. The molecule has 6 atom stereocenters. The highest BCUT2D eigenvalue weighted by molar-refractivity contribution is 5.90. The molecule has 4 aliphatic rings. The zero-order valence-electron chi connectivity index (χ0n) is 18.4. The fourth-order valence-electron chi connectivity index (χ4n) is 8.12. The summed E-state index contributed by atoms with van der Waals surface area (Å²) in [5, 5.41) is 4.59. The molecule has 0 radical (unpaired) electrons. The number of hydrogen-bond acceptors (Lipinski definition) is 4. The second-order valence-corrected chi connectivity index (χ2v) is 11.2. The molecule has 0 amide bonds. The Morgan fingerprint density at radius 1 is 1.04 bits per heavy atom. The Labute approximate surface area is 171 Å². The summed E-state index contributed by atoms with van der Waals surface area (Å²) >= 11 is 0. The Balaban J connectivity index is 1.56. The van der Waals surface area contributed by atoms with Crippen LogP contribution in [0.3, 0.4) is 0 Å². The SMILES string of the molecule is CC1(C)C(=NOCCCN)CC[C@]2(C)[C@H]3CC[C@]4(C)C(=O)CC[C@H]4[C@@H]3CC[C@@H]12. The number of hydrogen-bond donors (Lipinski definition) is 1. The van der Waals surface area contributed by atoms with Gasteiger partial charge >= 0.3 is 0 Å². The smallest absolute Gasteiger partial charge is 0.139 e. The standard InChI is InChI=1S/C24H40N2O2/c1-22(2)19-8-6-16-17-7-9-21(27)24(17,4)12-10-18(16)23(19,3)13-11-20(22)26-28-15-5-14-25/h16-19H,5-15,25H2,1-4H3/t16-,17-,18-,19-,23+,24-/m0/s1. The van der Waals surface area contributed by atoms with Crippen LogP contribution >= 0.6 is 0 Å². The van der Waals surface area contributed by atoms with Crippen LogP contribution in [0.25, 0.3) is 0 Å². The lowest BCUT2D eigenvalue weighted by molar-refractivity contribution is -0.141. The fraction of sp³-hybridized carbons (Fsp3) is 0.917. The number of carbonyl (C=O) groups is 1. The van der Waals surface area contributed by atoms with Gasteiger partial charge in [-0.15, -0.1) is 0 Å². The average Bonchev–Trinajstić information content (AvgIpc) is 2.95. The Kier molecular flexibility index (Phi) is 5.17. The van der Waals surface area contributed by atoms with Crippen molar-refractivity contribution in [3.8, 4) is 0 Å². The van der Waals surface area contributed by atoms with E-state index in [1.54, 1.807) is 0 Å². The first-order chi connectivity index (χ1) is 13.2. The van der Waals surface area contributed by atoms with Gasteiger partial charge in [-0.25, -0.2) is 0 Å². The molecule has 28 heavy (non-hydrogen) atoms. The first kappa shape index (κ1) is 20.4. The molecule has 0 heterocycles. The molecule has 0 aliphatic heterocycles. The van der Waals surface area contributed by atoms with Gasteiger partial charge in [-0.2, -0.15) is 0 Å². The van der Waals surface area contributed by atoms with Crippen molar-refractivity contribution >= 4 is 11.5 Å². The zero-order chi connectivity index (χ0) is 20.2. The van der Waals surface area contributed by atoms with Gasteiger partial charge in [0.25, 0.3) is 0 Å². The molecule has 0 aromatic carbocycles. The van der Waals surface area contributed by atoms with Crippen LogP contribution < -0.4 is 5.73 Å². The van der Waals surface area contributed by atoms with Gasteiger partial charge in [0.2, 0.25) is 0 Å². The lowest BCUT2D eigenvalue weighted by Gasteiger charge is -2.63. The number of rotatable bonds is 4. The zero-order valence-corrected chi connectivity index (χ0v) is 18.4. The molecule has 0 aromatic heterocycles. The summed E-state index contributed by atoms with van der Waals surface area (Å²) in [7, 11) is 0. The predicted octanol–water partition coefficient (Wildman–Crippen LogP) is 4.96. The highest BCUT2D eigenvalue weighted by atomic mass is 16.6. The molecule has 158 valence electrons. The van der Waals surface area contributed by atoms with Crippen molar-refractivity contribution in [2.24, 2.45) is 50.8 Å². The summed E-state index contributed by atoms with van der Waals surface area (Å²) in [6.45, 7) is 10.9. The van der Waals surface area contributed by atoms with Gasteiger partial charge in [0.1, 0.15) is 12.4 Å². The fourth-order valence-corrected chi connectivity index (χ4v) is 8.12. The summed E-state index contributed by atoms with van der Waals surface area (Å²) in [5.74, 6) is 3.37. The lowest BCUT2D eigenvalue weighted by atomic mass is 9.41. The van der Waals surface area contributed by atoms with E-state index in [1.807, 2.05) is 0 Å². The third kappa shape index (κ3) is 2.88. The summed E-state index contributed by atoms with van der Waals surface area (Å²) in [5.41, 5.74) is 7.27. The van der Waals surface area contributed by atoms with Crippen molar-refractivity contribution in [1.82, 2.24) is 0 Å². The summed E-state index contributed by atoms with van der Waals surface area (Å²) in [6.07, 6.45) is 10.0. The molecule has 4 nitrogen and oxygen atoms in total. The molecular weight excluding hydrogens is 348 g/mol. The summed E-state index contributed by atoms with van der Waals surface area (Å²) < 4.78 is 0. The molecule has 4 rings (SSSR count). The van der Waals surface area contributed by atoms with E-state index in [2.05, 4.69) is 32.9 Å². The van der Waals surface area contributed by atoms with E-state index < -0.39 is 0 Å². The molecule has 4 fully saturated rings. The first-order valence-corrected chi connectivity index (χ1v) is 11.7. The van der Waals surface area contributed by atoms with Crippen molar-refractivity contribution in [2.45, 2.75) is 85.5 Å². The Bertz CT molecular complexity index is 657. The van der Waals surface area contributed by atoms with Gasteiger partial charge in [0, 0.05) is 17.3 Å². The van der Waals surface area contributed by atoms with Crippen molar-refractivity contribution in [1.29, 1.82) is 0 Å². The third-order valence-electron chi connectivity index (χ3n) is 9.71. The number of oxime groups is 1. The second-order valence-electron chi connectivity index (χ2n) is 11.2. The number of ketones is 1. The lowest BCUT2D eigenvalue weighted by Crippen LogP contribution is -2.58. The van der Waals surface area contributed by atoms with E-state index in [0.717, 1.165) is 43.9 Å². The van der Waals surface area contributed by atoms with E-state index in [4.69, 9.17) is 10.6 Å². The molecule has 4 saturated carbocycles. The minimum atomic E-state index is -0.0159. The van der Waals surface area contributed by atoms with Crippen LogP contribution in [-0.4, -0.2) is 24.6 Å². The third-order valence-corrected chi connectivity index (χ3v) is 9.71. The monoisotopic (exact) mass is 388 g/mol. The molecule has 0 spiro atoms. The molecule has 0 saturated heterocycles. The van der Waals surface area contributed by atoms with Crippen LogP contribution in [-0.2, 0) is 9.63 Å². The first-order valence-electron chi connectivity index (χ1n) is 11.7. The van der Waals surface area contributed by atoms with Crippen LogP contribution in [0, 0.1) is 39.9 Å². The van der Waals surface area contributed by atoms with Crippen molar-refractivity contribution in [3.63, 3.8) is 0 Å². The maximum absolute atomic E-state index is 12.6. The predicted molar refractivity (Wildman–Crippen MR) is 113 cm³/mol. The van der Waals surface area contributed by atoms with Crippen LogP contribution in [0.2, 0.25) is 0 Å². The van der Waals surface area contributed by atoms with E-state index in [-0.39, 0.29) is 10.8 Å². The minimum absolute atomic E-state index is 0.0159. The maximum atomic E-state index is 12.6. The largest absolute Gasteiger partial charge is 0.396 e. The van der Waals surface area contributed by atoms with Gasteiger partial charge in [-0.05, 0) is 87.0 Å². The number of carbonyl (C=O) groups excluding carboxylic acids is 1. The quantitative estimate of drug-likeness (QED) is 0.547. The van der Waals surface area contributed by atoms with Crippen LogP contribution in [0.15, 0.2) is 5.16 Å². The van der Waals surface area contributed by atoms with E-state index in [9.17, 15) is 4.79 Å². The van der Waals surface area contributed by atoms with Crippen LogP contribution in [0.1, 0.15) is 85.5 Å². The highest BCUT2D eigenvalue weighted by Gasteiger charge is 2.62. The minimum Gasteiger partial charge on any atom is -0.396 e. The molecule has 0 unspecified atom stereocenters. The Hall–Kier alpha value is -0.900.